The molecule has 0 bridgehead atoms. The van der Waals surface area contributed by atoms with Gasteiger partial charge in [0.15, 0.2) is 6.61 Å². The van der Waals surface area contributed by atoms with E-state index in [0.29, 0.717) is 38.4 Å². The van der Waals surface area contributed by atoms with E-state index in [2.05, 4.69) is 5.32 Å². The monoisotopic (exact) mass is 337 g/mol. The number of benzene rings is 1. The van der Waals surface area contributed by atoms with E-state index in [1.807, 2.05) is 6.92 Å². The van der Waals surface area contributed by atoms with Crippen LogP contribution in [0.3, 0.4) is 0 Å². The van der Waals surface area contributed by atoms with Crippen molar-refractivity contribution in [3.8, 4) is 11.5 Å². The van der Waals surface area contributed by atoms with Crippen molar-refractivity contribution in [1.29, 1.82) is 0 Å². The molecule has 0 saturated carbocycles. The van der Waals surface area contributed by atoms with Gasteiger partial charge >= 0.3 is 5.97 Å². The lowest BCUT2D eigenvalue weighted by Crippen LogP contribution is -2.47. The molecule has 1 saturated heterocycles. The fourth-order valence-corrected chi connectivity index (χ4v) is 2.49. The summed E-state index contributed by atoms with van der Waals surface area (Å²) in [5.41, 5.74) is -0.951. The Bertz CT molecular complexity index is 551. The summed E-state index contributed by atoms with van der Waals surface area (Å²) in [7, 11) is 0. The average molecular weight is 337 g/mol. The number of carbonyl (C=O) groups excluding carboxylic acids is 1. The summed E-state index contributed by atoms with van der Waals surface area (Å²) in [6, 6.07) is 6.96. The predicted molar refractivity (Wildman–Crippen MR) is 86.2 cm³/mol. The summed E-state index contributed by atoms with van der Waals surface area (Å²) in [4.78, 5) is 23.4. The van der Waals surface area contributed by atoms with Gasteiger partial charge in [0, 0.05) is 19.8 Å². The summed E-state index contributed by atoms with van der Waals surface area (Å²) >= 11 is 0. The highest BCUT2D eigenvalue weighted by atomic mass is 16.5. The Kier molecular flexibility index (Phi) is 6.43. The van der Waals surface area contributed by atoms with E-state index in [0.717, 1.165) is 5.75 Å². The molecule has 0 aliphatic carbocycles. The van der Waals surface area contributed by atoms with Crippen LogP contribution in [0.25, 0.3) is 0 Å². The van der Waals surface area contributed by atoms with E-state index in [1.165, 1.54) is 0 Å². The third-order valence-corrected chi connectivity index (χ3v) is 4.03. The lowest BCUT2D eigenvalue weighted by atomic mass is 9.80. The molecule has 1 amide bonds. The zero-order valence-electron chi connectivity index (χ0n) is 13.7. The Morgan fingerprint density at radius 3 is 2.29 bits per heavy atom. The van der Waals surface area contributed by atoms with Crippen molar-refractivity contribution in [2.45, 2.75) is 19.8 Å². The lowest BCUT2D eigenvalue weighted by Gasteiger charge is -2.33. The molecule has 24 heavy (non-hydrogen) atoms. The van der Waals surface area contributed by atoms with Crippen LogP contribution in [-0.2, 0) is 14.3 Å². The van der Waals surface area contributed by atoms with E-state index in [4.69, 9.17) is 14.2 Å². The van der Waals surface area contributed by atoms with Crippen molar-refractivity contribution >= 4 is 11.9 Å². The van der Waals surface area contributed by atoms with Crippen LogP contribution in [0.4, 0.5) is 0 Å². The van der Waals surface area contributed by atoms with Gasteiger partial charge in [0.2, 0.25) is 0 Å². The highest BCUT2D eigenvalue weighted by Gasteiger charge is 2.40. The number of amides is 1. The topological polar surface area (TPSA) is 94.1 Å². The minimum atomic E-state index is -0.951. The summed E-state index contributed by atoms with van der Waals surface area (Å²) in [5, 5.41) is 12.1. The quantitative estimate of drug-likeness (QED) is 0.746. The van der Waals surface area contributed by atoms with Crippen LogP contribution in [-0.4, -0.2) is 50.0 Å². The van der Waals surface area contributed by atoms with Gasteiger partial charge in [0.25, 0.3) is 5.91 Å². The highest BCUT2D eigenvalue weighted by Crippen LogP contribution is 2.30. The molecular weight excluding hydrogens is 314 g/mol. The standard InChI is InChI=1S/C17H23NO6/c1-2-23-13-3-5-14(6-4-13)24-11-15(19)18-12-17(16(20)21)7-9-22-10-8-17/h3-6H,2,7-12H2,1H3,(H,18,19)(H,20,21). The molecule has 1 aliphatic heterocycles. The molecular formula is C17H23NO6. The smallest absolute Gasteiger partial charge is 0.311 e. The lowest BCUT2D eigenvalue weighted by molar-refractivity contribution is -0.154. The average Bonchev–Trinajstić information content (AvgIpc) is 2.60. The number of hydrogen-bond donors (Lipinski definition) is 2. The van der Waals surface area contributed by atoms with Crippen LogP contribution in [0.5, 0.6) is 11.5 Å². The van der Waals surface area contributed by atoms with E-state index < -0.39 is 11.4 Å². The van der Waals surface area contributed by atoms with Gasteiger partial charge in [-0.2, -0.15) is 0 Å². The number of aliphatic carboxylic acids is 1. The molecule has 2 rings (SSSR count). The number of carboxylic acids is 1. The Balaban J connectivity index is 1.79. The molecule has 0 radical (unpaired) electrons. The van der Waals surface area contributed by atoms with E-state index >= 15 is 0 Å². The van der Waals surface area contributed by atoms with Crippen LogP contribution in [0.1, 0.15) is 19.8 Å². The molecule has 7 heteroatoms. The first-order chi connectivity index (χ1) is 11.6. The molecule has 1 heterocycles. The Hall–Kier alpha value is -2.28. The van der Waals surface area contributed by atoms with Gasteiger partial charge in [0.1, 0.15) is 11.5 Å². The third-order valence-electron chi connectivity index (χ3n) is 4.03. The number of ether oxygens (including phenoxy) is 3. The fraction of sp³-hybridized carbons (Fsp3) is 0.529. The third kappa shape index (κ3) is 4.86. The Morgan fingerprint density at radius 2 is 1.75 bits per heavy atom. The number of carbonyl (C=O) groups is 2. The summed E-state index contributed by atoms with van der Waals surface area (Å²) in [6.45, 7) is 3.18. The largest absolute Gasteiger partial charge is 0.494 e. The summed E-state index contributed by atoms with van der Waals surface area (Å²) in [6.07, 6.45) is 0.782. The SMILES string of the molecule is CCOc1ccc(OCC(=O)NCC2(C(=O)O)CCOCC2)cc1. The molecule has 2 N–H and O–H groups in total. The second kappa shape index (κ2) is 8.54. The van der Waals surface area contributed by atoms with E-state index in [1.54, 1.807) is 24.3 Å². The second-order valence-electron chi connectivity index (χ2n) is 5.67. The maximum Gasteiger partial charge on any atom is 0.311 e. The molecule has 1 fully saturated rings. The molecule has 0 atom stereocenters. The van der Waals surface area contributed by atoms with Crippen molar-refractivity contribution in [2.24, 2.45) is 5.41 Å². The van der Waals surface area contributed by atoms with Gasteiger partial charge in [-0.3, -0.25) is 9.59 Å². The zero-order valence-corrected chi connectivity index (χ0v) is 13.7. The van der Waals surface area contributed by atoms with Gasteiger partial charge in [-0.25, -0.2) is 0 Å². The maximum atomic E-state index is 11.9. The maximum absolute atomic E-state index is 11.9. The Labute approximate surface area is 140 Å². The summed E-state index contributed by atoms with van der Waals surface area (Å²) in [5.74, 6) is 0.0272. The van der Waals surface area contributed by atoms with E-state index in [-0.39, 0.29) is 19.1 Å². The minimum Gasteiger partial charge on any atom is -0.494 e. The highest BCUT2D eigenvalue weighted by molar-refractivity contribution is 5.80. The van der Waals surface area contributed by atoms with Crippen molar-refractivity contribution in [3.05, 3.63) is 24.3 Å². The van der Waals surface area contributed by atoms with Crippen LogP contribution < -0.4 is 14.8 Å². The summed E-state index contributed by atoms with van der Waals surface area (Å²) < 4.78 is 15.9. The van der Waals surface area contributed by atoms with Gasteiger partial charge in [-0.05, 0) is 44.0 Å². The molecule has 0 aromatic heterocycles. The number of carboxylic acid groups (broad SMARTS) is 1. The van der Waals surface area contributed by atoms with E-state index in [9.17, 15) is 14.7 Å². The molecule has 0 unspecified atom stereocenters. The molecule has 7 nitrogen and oxygen atoms in total. The first-order valence-corrected chi connectivity index (χ1v) is 7.99. The van der Waals surface area contributed by atoms with Crippen molar-refractivity contribution in [3.63, 3.8) is 0 Å². The Morgan fingerprint density at radius 1 is 1.17 bits per heavy atom. The second-order valence-corrected chi connectivity index (χ2v) is 5.67. The van der Waals surface area contributed by atoms with Gasteiger partial charge < -0.3 is 24.6 Å². The molecule has 1 aliphatic rings. The molecule has 1 aromatic rings. The van der Waals surface area contributed by atoms with Crippen molar-refractivity contribution in [2.75, 3.05) is 33.0 Å². The van der Waals surface area contributed by atoms with Crippen LogP contribution in [0.15, 0.2) is 24.3 Å². The van der Waals surface area contributed by atoms with Gasteiger partial charge in [-0.1, -0.05) is 0 Å². The van der Waals surface area contributed by atoms with Crippen LogP contribution in [0.2, 0.25) is 0 Å². The molecule has 1 aromatic carbocycles. The van der Waals surface area contributed by atoms with Crippen LogP contribution >= 0.6 is 0 Å². The normalized spacial score (nSPS) is 16.2. The van der Waals surface area contributed by atoms with Crippen molar-refractivity contribution in [1.82, 2.24) is 5.32 Å². The number of hydrogen-bond acceptors (Lipinski definition) is 5. The van der Waals surface area contributed by atoms with Gasteiger partial charge in [-0.15, -0.1) is 0 Å². The van der Waals surface area contributed by atoms with Crippen LogP contribution in [0, 0.1) is 5.41 Å². The molecule has 132 valence electrons. The fourth-order valence-electron chi connectivity index (χ4n) is 2.49. The minimum absolute atomic E-state index is 0.0805. The first kappa shape index (κ1) is 18.1. The first-order valence-electron chi connectivity index (χ1n) is 7.99. The zero-order chi connectivity index (χ0) is 17.4. The predicted octanol–water partition coefficient (Wildman–Crippen LogP) is 1.46. The number of nitrogens with one attached hydrogen (secondary N) is 1. The van der Waals surface area contributed by atoms with Crippen molar-refractivity contribution < 1.29 is 28.9 Å². The van der Waals surface area contributed by atoms with Gasteiger partial charge in [0.05, 0.1) is 12.0 Å². The number of rotatable bonds is 8. The molecule has 0 spiro atoms.